The lowest BCUT2D eigenvalue weighted by atomic mass is 10.1. The monoisotopic (exact) mass is 338 g/mol. The summed E-state index contributed by atoms with van der Waals surface area (Å²) in [7, 11) is 0. The van der Waals surface area contributed by atoms with Crippen LogP contribution < -0.4 is 11.2 Å². The molecule has 0 spiro atoms. The summed E-state index contributed by atoms with van der Waals surface area (Å²) in [6.45, 7) is 1.65. The van der Waals surface area contributed by atoms with E-state index < -0.39 is 22.4 Å². The maximum absolute atomic E-state index is 12.7. The van der Waals surface area contributed by atoms with Crippen LogP contribution >= 0.6 is 0 Å². The van der Waals surface area contributed by atoms with Crippen molar-refractivity contribution in [3.63, 3.8) is 0 Å². The fourth-order valence-electron chi connectivity index (χ4n) is 1.89. The van der Waals surface area contributed by atoms with E-state index in [0.717, 1.165) is 12.1 Å². The summed E-state index contributed by atoms with van der Waals surface area (Å²) in [4.78, 5) is 10.1. The van der Waals surface area contributed by atoms with Crippen molar-refractivity contribution in [3.8, 4) is 0 Å². The molecule has 0 unspecified atom stereocenters. The molecule has 2 aromatic carbocycles. The number of halogens is 3. The number of nitrogens with two attached hydrogens (primary N) is 1. The van der Waals surface area contributed by atoms with Crippen LogP contribution in [0.3, 0.4) is 0 Å². The van der Waals surface area contributed by atoms with Gasteiger partial charge in [-0.1, -0.05) is 12.1 Å². The maximum Gasteiger partial charge on any atom is 0.416 e. The first-order valence-corrected chi connectivity index (χ1v) is 6.70. The van der Waals surface area contributed by atoms with Gasteiger partial charge in [-0.2, -0.15) is 18.3 Å². The number of rotatable bonds is 4. The average molecular weight is 338 g/mol. The second-order valence-corrected chi connectivity index (χ2v) is 4.92. The first-order valence-electron chi connectivity index (χ1n) is 6.70. The number of hydrogen-bond acceptors (Lipinski definition) is 5. The Kier molecular flexibility index (Phi) is 4.72. The highest BCUT2D eigenvalue weighted by Gasteiger charge is 2.33. The lowest BCUT2D eigenvalue weighted by Gasteiger charge is -2.09. The number of alkyl halides is 3. The molecule has 6 nitrogen and oxygen atoms in total. The second-order valence-electron chi connectivity index (χ2n) is 4.92. The highest BCUT2D eigenvalue weighted by atomic mass is 19.4. The Hall–Kier alpha value is -3.10. The predicted octanol–water partition coefficient (Wildman–Crippen LogP) is 4.03. The van der Waals surface area contributed by atoms with E-state index in [1.165, 1.54) is 0 Å². The Balaban J connectivity index is 2.30. The number of nitrogen functional groups attached to an aromatic ring is 1. The summed E-state index contributed by atoms with van der Waals surface area (Å²) in [6.07, 6.45) is -4.66. The van der Waals surface area contributed by atoms with Crippen LogP contribution in [0.4, 0.5) is 30.2 Å². The molecule has 2 aromatic rings. The van der Waals surface area contributed by atoms with Crippen molar-refractivity contribution >= 4 is 22.8 Å². The molecule has 0 aliphatic rings. The van der Waals surface area contributed by atoms with Crippen molar-refractivity contribution in [1.82, 2.24) is 0 Å². The lowest BCUT2D eigenvalue weighted by Crippen LogP contribution is -2.07. The van der Waals surface area contributed by atoms with Crippen LogP contribution in [0.15, 0.2) is 47.6 Å². The maximum atomic E-state index is 12.7. The summed E-state index contributed by atoms with van der Waals surface area (Å²) in [6, 6.07) is 8.93. The number of hydrazone groups is 1. The van der Waals surface area contributed by atoms with Crippen LogP contribution in [0.25, 0.3) is 0 Å². The molecule has 0 bridgehead atoms. The van der Waals surface area contributed by atoms with Gasteiger partial charge in [0, 0.05) is 11.8 Å². The molecule has 0 fully saturated rings. The first kappa shape index (κ1) is 17.3. The Labute approximate surface area is 134 Å². The van der Waals surface area contributed by atoms with Crippen LogP contribution in [-0.4, -0.2) is 10.6 Å². The van der Waals surface area contributed by atoms with E-state index in [4.69, 9.17) is 5.73 Å². The van der Waals surface area contributed by atoms with E-state index >= 15 is 0 Å². The zero-order valence-corrected chi connectivity index (χ0v) is 12.5. The molecule has 0 aliphatic carbocycles. The molecule has 24 heavy (non-hydrogen) atoms. The van der Waals surface area contributed by atoms with Gasteiger partial charge in [-0.25, -0.2) is 0 Å². The molecular formula is C15H13F3N4O2. The highest BCUT2D eigenvalue weighted by molar-refractivity contribution is 5.99. The molecule has 0 radical (unpaired) electrons. The molecule has 2 rings (SSSR count). The minimum Gasteiger partial charge on any atom is -0.399 e. The third-order valence-electron chi connectivity index (χ3n) is 3.19. The number of nitrogens with one attached hydrogen (secondary N) is 1. The number of nitro groups is 1. The topological polar surface area (TPSA) is 93.5 Å². The van der Waals surface area contributed by atoms with E-state index in [0.29, 0.717) is 23.0 Å². The summed E-state index contributed by atoms with van der Waals surface area (Å²) >= 11 is 0. The van der Waals surface area contributed by atoms with Gasteiger partial charge in [0.1, 0.15) is 5.69 Å². The molecule has 0 aliphatic heterocycles. The fourth-order valence-corrected chi connectivity index (χ4v) is 1.89. The molecule has 0 saturated heterocycles. The average Bonchev–Trinajstić information content (AvgIpc) is 2.52. The molecule has 126 valence electrons. The number of anilines is 2. The molecule has 0 heterocycles. The molecule has 9 heteroatoms. The van der Waals surface area contributed by atoms with E-state index in [2.05, 4.69) is 10.5 Å². The van der Waals surface area contributed by atoms with E-state index in [1.807, 2.05) is 0 Å². The van der Waals surface area contributed by atoms with E-state index in [1.54, 1.807) is 31.2 Å². The molecule has 0 atom stereocenters. The van der Waals surface area contributed by atoms with E-state index in [9.17, 15) is 23.3 Å². The normalized spacial score (nSPS) is 12.1. The Morgan fingerprint density at radius 1 is 1.21 bits per heavy atom. The van der Waals surface area contributed by atoms with Crippen LogP contribution in [0.5, 0.6) is 0 Å². The smallest absolute Gasteiger partial charge is 0.399 e. The van der Waals surface area contributed by atoms with Gasteiger partial charge in [0.25, 0.3) is 5.69 Å². The van der Waals surface area contributed by atoms with Crippen LogP contribution in [0.1, 0.15) is 18.1 Å². The number of nitrogens with zero attached hydrogens (tertiary/aromatic N) is 2. The van der Waals surface area contributed by atoms with Gasteiger partial charge >= 0.3 is 6.18 Å². The second kappa shape index (κ2) is 6.57. The van der Waals surface area contributed by atoms with Crippen LogP contribution in [0, 0.1) is 10.1 Å². The van der Waals surface area contributed by atoms with Crippen molar-refractivity contribution in [2.24, 2.45) is 5.10 Å². The third-order valence-corrected chi connectivity index (χ3v) is 3.19. The van der Waals surface area contributed by atoms with Crippen molar-refractivity contribution in [1.29, 1.82) is 0 Å². The van der Waals surface area contributed by atoms with E-state index in [-0.39, 0.29) is 5.69 Å². The molecule has 0 aromatic heterocycles. The molecule has 0 saturated carbocycles. The largest absolute Gasteiger partial charge is 0.416 e. The van der Waals surface area contributed by atoms with Gasteiger partial charge in [-0.15, -0.1) is 0 Å². The molecular weight excluding hydrogens is 325 g/mol. The van der Waals surface area contributed by atoms with Gasteiger partial charge < -0.3 is 5.73 Å². The van der Waals surface area contributed by atoms with Gasteiger partial charge in [0.15, 0.2) is 0 Å². The van der Waals surface area contributed by atoms with Crippen molar-refractivity contribution < 1.29 is 18.1 Å². The Bertz CT molecular complexity index is 786. The summed E-state index contributed by atoms with van der Waals surface area (Å²) < 4.78 is 38.0. The zero-order valence-electron chi connectivity index (χ0n) is 12.5. The standard InChI is InChI=1S/C15H13F3N4O2/c1-9(10-2-5-12(19)6-3-10)20-21-13-7-4-11(15(16,17)18)8-14(13)22(23)24/h2-8,21H,19H2,1H3/b20-9-. The minimum absolute atomic E-state index is 0.136. The SMILES string of the molecule is C/C(=N/Nc1ccc(C(F)(F)F)cc1[N+](=O)[O-])c1ccc(N)cc1. The Morgan fingerprint density at radius 2 is 1.83 bits per heavy atom. The number of benzene rings is 2. The fraction of sp³-hybridized carbons (Fsp3) is 0.133. The first-order chi connectivity index (χ1) is 11.2. The van der Waals surface area contributed by atoms with Crippen LogP contribution in [0.2, 0.25) is 0 Å². The number of nitro benzene ring substituents is 1. The summed E-state index contributed by atoms with van der Waals surface area (Å²) in [5.74, 6) is 0. The van der Waals surface area contributed by atoms with Gasteiger partial charge in [0.2, 0.25) is 0 Å². The third kappa shape index (κ3) is 4.00. The zero-order chi connectivity index (χ0) is 17.9. The minimum atomic E-state index is -4.66. The van der Waals surface area contributed by atoms with Gasteiger partial charge in [0.05, 0.1) is 16.2 Å². The van der Waals surface area contributed by atoms with Crippen molar-refractivity contribution in [3.05, 3.63) is 63.7 Å². The highest BCUT2D eigenvalue weighted by Crippen LogP contribution is 2.34. The lowest BCUT2D eigenvalue weighted by molar-refractivity contribution is -0.384. The summed E-state index contributed by atoms with van der Waals surface area (Å²) in [5.41, 5.74) is 7.83. The predicted molar refractivity (Wildman–Crippen MR) is 84.8 cm³/mol. The van der Waals surface area contributed by atoms with Gasteiger partial charge in [-0.05, 0) is 36.8 Å². The quantitative estimate of drug-likeness (QED) is 0.381. The molecule has 3 N–H and O–H groups in total. The summed E-state index contributed by atoms with van der Waals surface area (Å²) in [5, 5.41) is 15.0. The number of hydrogen-bond donors (Lipinski definition) is 2. The van der Waals surface area contributed by atoms with Gasteiger partial charge in [-0.3, -0.25) is 15.5 Å². The Morgan fingerprint density at radius 3 is 2.38 bits per heavy atom. The molecule has 0 amide bonds. The van der Waals surface area contributed by atoms with Crippen LogP contribution in [-0.2, 0) is 6.18 Å². The van der Waals surface area contributed by atoms with Crippen molar-refractivity contribution in [2.75, 3.05) is 11.2 Å². The van der Waals surface area contributed by atoms with Crippen molar-refractivity contribution in [2.45, 2.75) is 13.1 Å².